The second kappa shape index (κ2) is 6.78. The highest BCUT2D eigenvalue weighted by Crippen LogP contribution is 2.50. The Morgan fingerprint density at radius 3 is 2.53 bits per heavy atom. The van der Waals surface area contributed by atoms with Gasteiger partial charge in [-0.15, -0.1) is 0 Å². The average molecular weight is 294 g/mol. The molecule has 0 heterocycles. The molecule has 19 heavy (non-hydrogen) atoms. The topological polar surface area (TPSA) is 24.1 Å². The average Bonchev–Trinajstić information content (AvgIpc) is 2.42. The second-order valence-corrected chi connectivity index (χ2v) is 8.02. The molecule has 0 bridgehead atoms. The molecular weight excluding hydrogens is 278 g/mol. The fourth-order valence-electron chi connectivity index (χ4n) is 1.63. The largest absolute Gasteiger partial charge is 0.386 e. The van der Waals surface area contributed by atoms with E-state index in [1.54, 1.807) is 30.6 Å². The van der Waals surface area contributed by atoms with E-state index in [1.165, 1.54) is 11.0 Å². The number of rotatable bonds is 5. The zero-order valence-electron chi connectivity index (χ0n) is 10.9. The highest BCUT2D eigenvalue weighted by atomic mass is 32.7. The molecule has 2 aromatic carbocycles. The lowest BCUT2D eigenvalue weighted by Crippen LogP contribution is -1.95. The van der Waals surface area contributed by atoms with Gasteiger partial charge in [0.15, 0.2) is 0 Å². The molecule has 0 radical (unpaired) electrons. The summed E-state index contributed by atoms with van der Waals surface area (Å²) in [6.45, 7) is 2.15. The van der Waals surface area contributed by atoms with Crippen molar-refractivity contribution < 1.29 is 4.39 Å². The Hall–Kier alpha value is -1.25. The first kappa shape index (κ1) is 14.2. The first-order valence-corrected chi connectivity index (χ1v) is 9.11. The van der Waals surface area contributed by atoms with Gasteiger partial charge in [-0.3, -0.25) is 0 Å². The summed E-state index contributed by atoms with van der Waals surface area (Å²) in [6.07, 6.45) is 0. The minimum absolute atomic E-state index is 0.232. The minimum Gasteiger partial charge on any atom is -0.386 e. The molecule has 5 heteroatoms. The molecular formula is C14H16FN2PS. The van der Waals surface area contributed by atoms with Crippen LogP contribution in [0.25, 0.3) is 0 Å². The minimum atomic E-state index is -0.444. The van der Waals surface area contributed by atoms with Gasteiger partial charge in [0, 0.05) is 17.6 Å². The third-order valence-corrected chi connectivity index (χ3v) is 5.57. The van der Waals surface area contributed by atoms with Crippen LogP contribution in [-0.4, -0.2) is 13.7 Å². The van der Waals surface area contributed by atoms with E-state index in [2.05, 4.69) is 29.2 Å². The molecule has 0 aliphatic heterocycles. The van der Waals surface area contributed by atoms with Crippen LogP contribution in [0.2, 0.25) is 0 Å². The first-order valence-electron chi connectivity index (χ1n) is 5.90. The van der Waals surface area contributed by atoms with Crippen LogP contribution in [0.4, 0.5) is 15.8 Å². The molecule has 1 unspecified atom stereocenters. The summed E-state index contributed by atoms with van der Waals surface area (Å²) in [6, 6.07) is 15.3. The maximum atomic E-state index is 13.4. The summed E-state index contributed by atoms with van der Waals surface area (Å²) in [5.41, 5.74) is 1.45. The smallest absolute Gasteiger partial charge is 0.146 e. The van der Waals surface area contributed by atoms with E-state index < -0.39 is 7.27 Å². The zero-order valence-corrected chi connectivity index (χ0v) is 12.6. The van der Waals surface area contributed by atoms with Gasteiger partial charge in [0.05, 0.1) is 13.0 Å². The van der Waals surface area contributed by atoms with Crippen molar-refractivity contribution in [2.75, 3.05) is 24.1 Å². The van der Waals surface area contributed by atoms with E-state index in [9.17, 15) is 4.39 Å². The van der Waals surface area contributed by atoms with Crippen LogP contribution < -0.4 is 10.4 Å². The second-order valence-electron chi connectivity index (χ2n) is 3.96. The molecule has 0 amide bonds. The van der Waals surface area contributed by atoms with Crippen molar-refractivity contribution in [3.63, 3.8) is 0 Å². The molecule has 2 nitrogen and oxygen atoms in total. The summed E-state index contributed by atoms with van der Waals surface area (Å²) in [5.74, 6) is -0.232. The number of nitrogens with one attached hydrogen (secondary N) is 2. The van der Waals surface area contributed by atoms with Crippen LogP contribution in [0.3, 0.4) is 0 Å². The van der Waals surface area contributed by atoms with Crippen molar-refractivity contribution in [1.29, 1.82) is 0 Å². The number of benzene rings is 2. The zero-order chi connectivity index (χ0) is 13.7. The molecule has 0 aliphatic carbocycles. The normalized spacial score (nSPS) is 11.9. The number of halogens is 1. The van der Waals surface area contributed by atoms with Crippen molar-refractivity contribution in [3.05, 3.63) is 54.3 Å². The Balaban J connectivity index is 2.01. The predicted octanol–water partition coefficient (Wildman–Crippen LogP) is 5.01. The SMILES string of the molecule is CNc1cc(NP(C)Sc2ccccc2)ccc1F. The lowest BCUT2D eigenvalue weighted by molar-refractivity contribution is 0.631. The maximum absolute atomic E-state index is 13.4. The van der Waals surface area contributed by atoms with E-state index in [4.69, 9.17) is 0 Å². The van der Waals surface area contributed by atoms with E-state index in [0.717, 1.165) is 5.69 Å². The number of hydrogen-bond acceptors (Lipinski definition) is 3. The molecule has 0 fully saturated rings. The third kappa shape index (κ3) is 4.12. The summed E-state index contributed by atoms with van der Waals surface area (Å²) in [5, 5.41) is 6.26. The van der Waals surface area contributed by atoms with Gasteiger partial charge in [0.2, 0.25) is 0 Å². The molecule has 0 aliphatic rings. The van der Waals surface area contributed by atoms with Gasteiger partial charge < -0.3 is 10.4 Å². The molecule has 0 saturated heterocycles. The van der Waals surface area contributed by atoms with Crippen LogP contribution in [0.15, 0.2) is 53.4 Å². The Morgan fingerprint density at radius 2 is 1.84 bits per heavy atom. The first-order chi connectivity index (χ1) is 9.19. The van der Waals surface area contributed by atoms with Gasteiger partial charge >= 0.3 is 0 Å². The number of anilines is 2. The van der Waals surface area contributed by atoms with E-state index in [1.807, 2.05) is 18.2 Å². The lowest BCUT2D eigenvalue weighted by Gasteiger charge is -2.15. The van der Waals surface area contributed by atoms with Gasteiger partial charge in [0.1, 0.15) is 5.82 Å². The van der Waals surface area contributed by atoms with Crippen LogP contribution in [0.5, 0.6) is 0 Å². The highest BCUT2D eigenvalue weighted by Gasteiger charge is 2.06. The molecule has 0 spiro atoms. The molecule has 2 rings (SSSR count). The fraction of sp³-hybridized carbons (Fsp3) is 0.143. The Kier molecular flexibility index (Phi) is 5.06. The summed E-state index contributed by atoms with van der Waals surface area (Å²) in [7, 11) is 1.27. The van der Waals surface area contributed by atoms with Crippen molar-refractivity contribution in [2.24, 2.45) is 0 Å². The van der Waals surface area contributed by atoms with E-state index >= 15 is 0 Å². The Labute approximate surface area is 118 Å². The van der Waals surface area contributed by atoms with Crippen molar-refractivity contribution in [3.8, 4) is 0 Å². The van der Waals surface area contributed by atoms with Crippen molar-refractivity contribution in [1.82, 2.24) is 0 Å². The van der Waals surface area contributed by atoms with Crippen LogP contribution in [0, 0.1) is 5.82 Å². The molecule has 2 N–H and O–H groups in total. The van der Waals surface area contributed by atoms with Gasteiger partial charge in [0.25, 0.3) is 0 Å². The lowest BCUT2D eigenvalue weighted by atomic mass is 10.3. The van der Waals surface area contributed by atoms with Crippen molar-refractivity contribution in [2.45, 2.75) is 4.90 Å². The highest BCUT2D eigenvalue weighted by molar-refractivity contribution is 8.56. The monoisotopic (exact) mass is 294 g/mol. The van der Waals surface area contributed by atoms with Gasteiger partial charge in [-0.2, -0.15) is 0 Å². The van der Waals surface area contributed by atoms with Crippen LogP contribution in [0.1, 0.15) is 0 Å². The van der Waals surface area contributed by atoms with Crippen LogP contribution >= 0.6 is 18.7 Å². The Morgan fingerprint density at radius 1 is 1.11 bits per heavy atom. The summed E-state index contributed by atoms with van der Waals surface area (Å²) < 4.78 is 13.4. The molecule has 0 saturated carbocycles. The standard InChI is InChI=1S/C14H16FN2PS/c1-16-14-10-11(8-9-13(14)15)17-18(2)19-12-6-4-3-5-7-12/h3-10,16-17H,1-2H3. The summed E-state index contributed by atoms with van der Waals surface area (Å²) in [4.78, 5) is 1.24. The molecule has 1 atom stereocenters. The molecule has 100 valence electrons. The predicted molar refractivity (Wildman–Crippen MR) is 84.7 cm³/mol. The third-order valence-electron chi connectivity index (χ3n) is 2.51. The maximum Gasteiger partial charge on any atom is 0.146 e. The van der Waals surface area contributed by atoms with E-state index in [-0.39, 0.29) is 5.82 Å². The molecule has 0 aromatic heterocycles. The Bertz CT molecular complexity index is 536. The molecule has 2 aromatic rings. The van der Waals surface area contributed by atoms with Gasteiger partial charge in [-0.25, -0.2) is 4.39 Å². The van der Waals surface area contributed by atoms with Gasteiger partial charge in [-0.1, -0.05) is 29.6 Å². The number of hydrogen-bond donors (Lipinski definition) is 2. The van der Waals surface area contributed by atoms with Gasteiger partial charge in [-0.05, 0) is 37.0 Å². The van der Waals surface area contributed by atoms with Crippen LogP contribution in [-0.2, 0) is 0 Å². The quantitative estimate of drug-likeness (QED) is 0.758. The van der Waals surface area contributed by atoms with Crippen molar-refractivity contribution >= 4 is 30.0 Å². The fourth-order valence-corrected chi connectivity index (χ4v) is 4.54. The summed E-state index contributed by atoms with van der Waals surface area (Å²) >= 11 is 1.80. The van der Waals surface area contributed by atoms with E-state index in [0.29, 0.717) is 5.69 Å².